The van der Waals surface area contributed by atoms with Gasteiger partial charge in [-0.2, -0.15) is 0 Å². The second-order valence-corrected chi connectivity index (χ2v) is 10.0. The monoisotopic (exact) mass is 483 g/mol. The molecule has 2 aliphatic rings. The lowest BCUT2D eigenvalue weighted by Gasteiger charge is -2.45. The number of nitrogens with zero attached hydrogens (tertiary/aromatic N) is 5. The number of anilines is 1. The minimum Gasteiger partial charge on any atom is -0.507 e. The maximum absolute atomic E-state index is 15.1. The van der Waals surface area contributed by atoms with E-state index in [1.54, 1.807) is 30.8 Å². The zero-order valence-corrected chi connectivity index (χ0v) is 20.0. The molecule has 0 spiro atoms. The van der Waals surface area contributed by atoms with Crippen LogP contribution in [0.25, 0.3) is 22.5 Å². The van der Waals surface area contributed by atoms with Crippen LogP contribution in [0.3, 0.4) is 0 Å². The molecule has 178 valence electrons. The molecule has 0 amide bonds. The summed E-state index contributed by atoms with van der Waals surface area (Å²) in [7, 11) is 1.85. The normalized spacial score (nSPS) is 24.1. The highest BCUT2D eigenvalue weighted by molar-refractivity contribution is 7.98. The van der Waals surface area contributed by atoms with Gasteiger partial charge in [0.25, 0.3) is 0 Å². The van der Waals surface area contributed by atoms with Crippen molar-refractivity contribution in [1.29, 1.82) is 0 Å². The molecule has 34 heavy (non-hydrogen) atoms. The minimum absolute atomic E-state index is 0.0429. The first-order valence-corrected chi connectivity index (χ1v) is 12.8. The molecule has 2 aliphatic carbocycles. The van der Waals surface area contributed by atoms with Crippen molar-refractivity contribution >= 4 is 17.6 Å². The predicted molar refractivity (Wildman–Crippen MR) is 129 cm³/mol. The molecule has 2 heterocycles. The lowest BCUT2D eigenvalue weighted by Crippen LogP contribution is -2.49. The molecule has 4 atom stereocenters. The third kappa shape index (κ3) is 4.33. The number of fused-ring (bicyclic) bond motifs is 2. The zero-order chi connectivity index (χ0) is 23.8. The van der Waals surface area contributed by atoms with Gasteiger partial charge in [-0.25, -0.2) is 18.7 Å². The number of halogens is 2. The van der Waals surface area contributed by atoms with E-state index in [0.29, 0.717) is 33.5 Å². The van der Waals surface area contributed by atoms with Crippen LogP contribution in [0, 0.1) is 17.7 Å². The number of thioether (sulfide) groups is 1. The summed E-state index contributed by atoms with van der Waals surface area (Å²) in [5.74, 6) is 1.05. The van der Waals surface area contributed by atoms with Crippen LogP contribution >= 0.6 is 11.8 Å². The van der Waals surface area contributed by atoms with E-state index in [1.807, 2.05) is 11.9 Å². The van der Waals surface area contributed by atoms with E-state index in [-0.39, 0.29) is 23.5 Å². The predicted octanol–water partition coefficient (Wildman–Crippen LogP) is 5.52. The van der Waals surface area contributed by atoms with Crippen LogP contribution in [-0.2, 0) is 0 Å². The van der Waals surface area contributed by atoms with Gasteiger partial charge in [0, 0.05) is 18.8 Å². The Morgan fingerprint density at radius 2 is 1.91 bits per heavy atom. The Bertz CT molecular complexity index is 1180. The van der Waals surface area contributed by atoms with E-state index in [4.69, 9.17) is 0 Å². The number of rotatable bonds is 5. The smallest absolute Gasteiger partial charge is 0.185 e. The van der Waals surface area contributed by atoms with Crippen LogP contribution < -0.4 is 4.90 Å². The van der Waals surface area contributed by atoms with Crippen molar-refractivity contribution in [3.05, 3.63) is 42.5 Å². The number of hydrogen-bond acceptors (Lipinski definition) is 7. The van der Waals surface area contributed by atoms with E-state index >= 15 is 4.39 Å². The molecule has 0 saturated heterocycles. The summed E-state index contributed by atoms with van der Waals surface area (Å²) in [4.78, 5) is 10.4. The molecule has 0 radical (unpaired) electrons. The lowest BCUT2D eigenvalue weighted by atomic mass is 9.69. The van der Waals surface area contributed by atoms with Crippen LogP contribution in [0.15, 0.2) is 41.7 Å². The van der Waals surface area contributed by atoms with Gasteiger partial charge < -0.3 is 10.0 Å². The zero-order valence-electron chi connectivity index (χ0n) is 19.2. The molecule has 6 nitrogen and oxygen atoms in total. The Labute approximate surface area is 201 Å². The Morgan fingerprint density at radius 3 is 2.62 bits per heavy atom. The number of phenols is 1. The number of aromatic nitrogens is 4. The fraction of sp³-hybridized carbons (Fsp3) is 0.440. The van der Waals surface area contributed by atoms with Gasteiger partial charge in [-0.1, -0.05) is 18.9 Å². The van der Waals surface area contributed by atoms with Gasteiger partial charge >= 0.3 is 0 Å². The van der Waals surface area contributed by atoms with Gasteiger partial charge in [-0.05, 0) is 61.1 Å². The standard InChI is InChI=1S/C25H27F2N5OS/c1-32(20-9-14-4-3-5-16(8-14)23(20)27)22-13-28-24(31-30-22)18-7-6-15(11-21(18)33)17-10-19(26)25(34-2)29-12-17/h6-7,10-14,16,20,23,33H,3-5,8-9H2,1-2H3/t14-,16+,20+,23-/m1/s1. The lowest BCUT2D eigenvalue weighted by molar-refractivity contribution is 0.0656. The fourth-order valence-corrected chi connectivity index (χ4v) is 5.76. The molecule has 2 fully saturated rings. The first kappa shape index (κ1) is 23.0. The first-order chi connectivity index (χ1) is 16.4. The average molecular weight is 484 g/mol. The quantitative estimate of drug-likeness (QED) is 0.479. The summed E-state index contributed by atoms with van der Waals surface area (Å²) in [6.45, 7) is 0. The van der Waals surface area contributed by atoms with Crippen molar-refractivity contribution in [3.8, 4) is 28.3 Å². The number of pyridine rings is 1. The Hall–Kier alpha value is -2.81. The molecule has 2 aromatic heterocycles. The molecule has 2 saturated carbocycles. The summed E-state index contributed by atoms with van der Waals surface area (Å²) >= 11 is 1.24. The summed E-state index contributed by atoms with van der Waals surface area (Å²) in [6.07, 6.45) is 9.13. The van der Waals surface area contributed by atoms with Crippen LogP contribution in [-0.4, -0.2) is 50.8 Å². The first-order valence-electron chi connectivity index (χ1n) is 11.5. The number of hydrogen-bond donors (Lipinski definition) is 1. The molecule has 1 N–H and O–H groups in total. The average Bonchev–Trinajstić information content (AvgIpc) is 2.86. The van der Waals surface area contributed by atoms with E-state index in [2.05, 4.69) is 20.2 Å². The molecule has 0 unspecified atom stereocenters. The molecule has 1 aromatic carbocycles. The van der Waals surface area contributed by atoms with Crippen LogP contribution in [0.2, 0.25) is 0 Å². The van der Waals surface area contributed by atoms with E-state index in [9.17, 15) is 9.50 Å². The van der Waals surface area contributed by atoms with E-state index in [1.165, 1.54) is 30.3 Å². The van der Waals surface area contributed by atoms with Gasteiger partial charge in [0.1, 0.15) is 16.9 Å². The van der Waals surface area contributed by atoms with E-state index in [0.717, 1.165) is 25.7 Å². The van der Waals surface area contributed by atoms with Crippen molar-refractivity contribution in [1.82, 2.24) is 20.2 Å². The second-order valence-electron chi connectivity index (χ2n) is 9.24. The number of alkyl halides is 1. The molecule has 3 aromatic rings. The molecular formula is C25H27F2N5OS. The maximum atomic E-state index is 15.1. The number of phenolic OH excluding ortho intramolecular Hbond substituents is 1. The third-order valence-electron chi connectivity index (χ3n) is 7.20. The number of benzene rings is 1. The fourth-order valence-electron chi connectivity index (χ4n) is 5.35. The van der Waals surface area contributed by atoms with Gasteiger partial charge in [0.2, 0.25) is 0 Å². The van der Waals surface area contributed by atoms with Crippen molar-refractivity contribution in [3.63, 3.8) is 0 Å². The SMILES string of the molecule is CSc1ncc(-c2ccc(-c3ncc(N(C)[C@H]4C[C@@H]5CCC[C@@H](C5)[C@H]4F)nn3)c(O)c2)cc1F. The van der Waals surface area contributed by atoms with Crippen molar-refractivity contribution in [2.75, 3.05) is 18.2 Å². The topological polar surface area (TPSA) is 75.0 Å². The Kier molecular flexibility index (Phi) is 6.38. The highest BCUT2D eigenvalue weighted by Gasteiger charge is 2.42. The van der Waals surface area contributed by atoms with Gasteiger partial charge in [-0.15, -0.1) is 22.0 Å². The summed E-state index contributed by atoms with van der Waals surface area (Å²) in [5, 5.41) is 19.4. The van der Waals surface area contributed by atoms with Crippen molar-refractivity contribution in [2.45, 2.75) is 49.3 Å². The molecule has 0 aliphatic heterocycles. The molecule has 2 bridgehead atoms. The molecule has 5 rings (SSSR count). The Morgan fingerprint density at radius 1 is 1.06 bits per heavy atom. The largest absolute Gasteiger partial charge is 0.507 e. The molecular weight excluding hydrogens is 456 g/mol. The van der Waals surface area contributed by atoms with Crippen molar-refractivity contribution in [2.24, 2.45) is 11.8 Å². The third-order valence-corrected chi connectivity index (χ3v) is 7.88. The second kappa shape index (κ2) is 9.44. The van der Waals surface area contributed by atoms with Crippen molar-refractivity contribution < 1.29 is 13.9 Å². The minimum atomic E-state index is -0.871. The summed E-state index contributed by atoms with van der Waals surface area (Å²) in [5.41, 5.74) is 1.60. The highest BCUT2D eigenvalue weighted by Crippen LogP contribution is 2.43. The van der Waals surface area contributed by atoms with E-state index < -0.39 is 12.0 Å². The van der Waals surface area contributed by atoms with Gasteiger partial charge in [0.05, 0.1) is 17.8 Å². The van der Waals surface area contributed by atoms with Crippen LogP contribution in [0.1, 0.15) is 32.1 Å². The van der Waals surface area contributed by atoms with Crippen LogP contribution in [0.5, 0.6) is 5.75 Å². The highest BCUT2D eigenvalue weighted by atomic mass is 32.2. The van der Waals surface area contributed by atoms with Gasteiger partial charge in [-0.3, -0.25) is 0 Å². The maximum Gasteiger partial charge on any atom is 0.185 e. The van der Waals surface area contributed by atoms with Crippen LogP contribution in [0.4, 0.5) is 14.6 Å². The summed E-state index contributed by atoms with van der Waals surface area (Å²) < 4.78 is 29.2. The summed E-state index contributed by atoms with van der Waals surface area (Å²) in [6, 6.07) is 6.13. The Balaban J connectivity index is 1.34. The molecule has 9 heteroatoms. The van der Waals surface area contributed by atoms with Gasteiger partial charge in [0.15, 0.2) is 17.5 Å². The number of aromatic hydroxyl groups is 1.